The van der Waals surface area contributed by atoms with Crippen molar-refractivity contribution >= 4 is 21.6 Å². The molecule has 1 aliphatic carbocycles. The van der Waals surface area contributed by atoms with E-state index in [2.05, 4.69) is 26.3 Å². The number of halogens is 1. The van der Waals surface area contributed by atoms with E-state index >= 15 is 0 Å². The Kier molecular flexibility index (Phi) is 4.20. The number of aromatic nitrogens is 2. The quantitative estimate of drug-likeness (QED) is 0.933. The maximum atomic E-state index is 11.9. The zero-order valence-electron chi connectivity index (χ0n) is 10.1. The first-order chi connectivity index (χ1) is 8.22. The van der Waals surface area contributed by atoms with Crippen molar-refractivity contribution in [3.63, 3.8) is 0 Å². The summed E-state index contributed by atoms with van der Waals surface area (Å²) in [5.74, 6) is 0. The highest BCUT2D eigenvalue weighted by molar-refractivity contribution is 9.10. The van der Waals surface area contributed by atoms with Crippen molar-refractivity contribution in [2.24, 2.45) is 0 Å². The highest BCUT2D eigenvalue weighted by Gasteiger charge is 2.15. The van der Waals surface area contributed by atoms with Crippen LogP contribution in [0.25, 0.3) is 0 Å². The second-order valence-electron chi connectivity index (χ2n) is 4.47. The van der Waals surface area contributed by atoms with Crippen molar-refractivity contribution in [2.45, 2.75) is 51.6 Å². The molecule has 1 fully saturated rings. The third-order valence-electron chi connectivity index (χ3n) is 3.25. The number of hydrogen-bond acceptors (Lipinski definition) is 3. The van der Waals surface area contributed by atoms with Crippen LogP contribution >= 0.6 is 15.9 Å². The van der Waals surface area contributed by atoms with E-state index in [1.807, 2.05) is 6.92 Å². The molecule has 0 atom stereocenters. The van der Waals surface area contributed by atoms with Crippen LogP contribution in [-0.4, -0.2) is 15.8 Å². The number of nitrogens with one attached hydrogen (secondary N) is 1. The van der Waals surface area contributed by atoms with Gasteiger partial charge in [-0.3, -0.25) is 4.79 Å². The van der Waals surface area contributed by atoms with Crippen molar-refractivity contribution in [1.82, 2.24) is 9.78 Å². The first-order valence-corrected chi connectivity index (χ1v) is 7.04. The Balaban J connectivity index is 2.15. The van der Waals surface area contributed by atoms with Crippen LogP contribution in [-0.2, 0) is 6.54 Å². The molecule has 1 saturated carbocycles. The standard InChI is InChI=1S/C12H18BrN3O/c1-2-16-12(17)11(13)10(8-14-16)15-9-6-4-3-5-7-9/h8-9,15H,2-7H2,1H3. The fourth-order valence-electron chi connectivity index (χ4n) is 2.26. The van der Waals surface area contributed by atoms with Crippen molar-refractivity contribution in [3.05, 3.63) is 21.0 Å². The molecule has 5 heteroatoms. The van der Waals surface area contributed by atoms with E-state index in [4.69, 9.17) is 0 Å². The topological polar surface area (TPSA) is 46.9 Å². The molecule has 0 bridgehead atoms. The molecule has 1 aromatic heterocycles. The molecule has 0 saturated heterocycles. The summed E-state index contributed by atoms with van der Waals surface area (Å²) in [6, 6.07) is 0.485. The maximum Gasteiger partial charge on any atom is 0.283 e. The van der Waals surface area contributed by atoms with Crippen molar-refractivity contribution in [3.8, 4) is 0 Å². The molecule has 17 heavy (non-hydrogen) atoms. The van der Waals surface area contributed by atoms with E-state index in [1.165, 1.54) is 36.8 Å². The van der Waals surface area contributed by atoms with Gasteiger partial charge in [-0.1, -0.05) is 19.3 Å². The Bertz CT molecular complexity index is 438. The third kappa shape index (κ3) is 2.89. The second-order valence-corrected chi connectivity index (χ2v) is 5.27. The van der Waals surface area contributed by atoms with Gasteiger partial charge in [0, 0.05) is 12.6 Å². The summed E-state index contributed by atoms with van der Waals surface area (Å²) in [5.41, 5.74) is 0.764. The first-order valence-electron chi connectivity index (χ1n) is 6.24. The van der Waals surface area contributed by atoms with E-state index in [1.54, 1.807) is 6.20 Å². The minimum atomic E-state index is -0.0618. The summed E-state index contributed by atoms with van der Waals surface area (Å²) in [4.78, 5) is 11.9. The molecule has 0 unspecified atom stereocenters. The highest BCUT2D eigenvalue weighted by atomic mass is 79.9. The molecular weight excluding hydrogens is 282 g/mol. The summed E-state index contributed by atoms with van der Waals surface area (Å²) >= 11 is 3.36. The van der Waals surface area contributed by atoms with Gasteiger partial charge in [0.15, 0.2) is 0 Å². The smallest absolute Gasteiger partial charge is 0.283 e. The number of hydrogen-bond donors (Lipinski definition) is 1. The minimum absolute atomic E-state index is 0.0618. The van der Waals surface area contributed by atoms with Crippen LogP contribution < -0.4 is 10.9 Å². The zero-order valence-corrected chi connectivity index (χ0v) is 11.7. The van der Waals surface area contributed by atoms with Crippen LogP contribution in [0, 0.1) is 0 Å². The lowest BCUT2D eigenvalue weighted by Gasteiger charge is -2.24. The fourth-order valence-corrected chi connectivity index (χ4v) is 2.68. The SMILES string of the molecule is CCn1ncc(NC2CCCCC2)c(Br)c1=O. The molecule has 1 heterocycles. The Labute approximate surface area is 110 Å². The first kappa shape index (κ1) is 12.6. The minimum Gasteiger partial charge on any atom is -0.380 e. The molecule has 0 radical (unpaired) electrons. The Morgan fingerprint density at radius 3 is 2.82 bits per heavy atom. The third-order valence-corrected chi connectivity index (χ3v) is 4.02. The molecule has 2 rings (SSSR count). The van der Waals surface area contributed by atoms with Crippen LogP contribution in [0.2, 0.25) is 0 Å². The van der Waals surface area contributed by atoms with Crippen molar-refractivity contribution in [2.75, 3.05) is 5.32 Å². The summed E-state index contributed by atoms with van der Waals surface area (Å²) in [6.07, 6.45) is 7.98. The van der Waals surface area contributed by atoms with Gasteiger partial charge in [0.2, 0.25) is 0 Å². The number of aryl methyl sites for hydroxylation is 1. The number of rotatable bonds is 3. The Morgan fingerprint density at radius 1 is 1.47 bits per heavy atom. The average molecular weight is 300 g/mol. The molecule has 1 N–H and O–H groups in total. The van der Waals surface area contributed by atoms with E-state index < -0.39 is 0 Å². The van der Waals surface area contributed by atoms with Crippen LogP contribution in [0.5, 0.6) is 0 Å². The second kappa shape index (κ2) is 5.67. The molecule has 0 spiro atoms. The van der Waals surface area contributed by atoms with Gasteiger partial charge >= 0.3 is 0 Å². The number of anilines is 1. The molecule has 1 aliphatic rings. The summed E-state index contributed by atoms with van der Waals surface area (Å²) < 4.78 is 2.05. The molecule has 0 amide bonds. The lowest BCUT2D eigenvalue weighted by Crippen LogP contribution is -2.27. The molecule has 0 aliphatic heterocycles. The molecule has 94 valence electrons. The van der Waals surface area contributed by atoms with Gasteiger partial charge in [-0.25, -0.2) is 4.68 Å². The van der Waals surface area contributed by atoms with Gasteiger partial charge in [0.05, 0.1) is 11.9 Å². The normalized spacial score (nSPS) is 17.1. The fraction of sp³-hybridized carbons (Fsp3) is 0.667. The Morgan fingerprint density at radius 2 is 2.18 bits per heavy atom. The van der Waals surface area contributed by atoms with Gasteiger partial charge in [0.1, 0.15) is 4.47 Å². The van der Waals surface area contributed by atoms with E-state index in [9.17, 15) is 4.79 Å². The van der Waals surface area contributed by atoms with E-state index in [-0.39, 0.29) is 5.56 Å². The molecule has 4 nitrogen and oxygen atoms in total. The van der Waals surface area contributed by atoms with Gasteiger partial charge in [-0.05, 0) is 35.7 Å². The van der Waals surface area contributed by atoms with Crippen molar-refractivity contribution < 1.29 is 0 Å². The van der Waals surface area contributed by atoms with Gasteiger partial charge in [0.25, 0.3) is 5.56 Å². The lowest BCUT2D eigenvalue weighted by molar-refractivity contribution is 0.462. The lowest BCUT2D eigenvalue weighted by atomic mass is 9.95. The molecule has 1 aromatic rings. The summed E-state index contributed by atoms with van der Waals surface area (Å²) in [5, 5.41) is 7.55. The van der Waals surface area contributed by atoms with Crippen LogP contribution in [0.1, 0.15) is 39.0 Å². The van der Waals surface area contributed by atoms with Gasteiger partial charge in [-0.15, -0.1) is 0 Å². The maximum absolute atomic E-state index is 11.9. The number of nitrogens with zero attached hydrogens (tertiary/aromatic N) is 2. The Hall–Kier alpha value is -0.840. The van der Waals surface area contributed by atoms with Crippen LogP contribution in [0.4, 0.5) is 5.69 Å². The van der Waals surface area contributed by atoms with Gasteiger partial charge < -0.3 is 5.32 Å². The van der Waals surface area contributed by atoms with Crippen molar-refractivity contribution in [1.29, 1.82) is 0 Å². The van der Waals surface area contributed by atoms with Gasteiger partial charge in [-0.2, -0.15) is 5.10 Å². The van der Waals surface area contributed by atoms with Crippen LogP contribution in [0.15, 0.2) is 15.5 Å². The van der Waals surface area contributed by atoms with E-state index in [0.29, 0.717) is 17.1 Å². The average Bonchev–Trinajstić information content (AvgIpc) is 2.37. The predicted octanol–water partition coefficient (Wildman–Crippen LogP) is 2.77. The molecular formula is C12H18BrN3O. The van der Waals surface area contributed by atoms with E-state index in [0.717, 1.165) is 5.69 Å². The highest BCUT2D eigenvalue weighted by Crippen LogP contribution is 2.24. The monoisotopic (exact) mass is 299 g/mol. The predicted molar refractivity (Wildman–Crippen MR) is 72.4 cm³/mol. The summed E-state index contributed by atoms with van der Waals surface area (Å²) in [7, 11) is 0. The zero-order chi connectivity index (χ0) is 12.3. The largest absolute Gasteiger partial charge is 0.380 e. The summed E-state index contributed by atoms with van der Waals surface area (Å²) in [6.45, 7) is 2.51. The van der Waals surface area contributed by atoms with Crippen LogP contribution in [0.3, 0.4) is 0 Å². The molecule has 0 aromatic carbocycles.